The predicted octanol–water partition coefficient (Wildman–Crippen LogP) is 4.07. The second kappa shape index (κ2) is 5.83. The predicted molar refractivity (Wildman–Crippen MR) is 72.4 cm³/mol. The molecule has 0 atom stereocenters. The van der Waals surface area contributed by atoms with Crippen LogP contribution in [0.15, 0.2) is 28.7 Å². The lowest BCUT2D eigenvalue weighted by molar-refractivity contribution is 0.175. The van der Waals surface area contributed by atoms with Crippen molar-refractivity contribution >= 4 is 15.9 Å². The van der Waals surface area contributed by atoms with Gasteiger partial charge >= 0.3 is 0 Å². The highest BCUT2D eigenvalue weighted by Crippen LogP contribution is 2.23. The third-order valence-corrected chi connectivity index (χ3v) is 4.41. The molecule has 1 nitrogen and oxygen atoms in total. The van der Waals surface area contributed by atoms with E-state index >= 15 is 0 Å². The summed E-state index contributed by atoms with van der Waals surface area (Å²) in [5.74, 6) is 0.968. The number of halogens is 1. The lowest BCUT2D eigenvalue weighted by Crippen LogP contribution is -2.33. The van der Waals surface area contributed by atoms with E-state index in [0.29, 0.717) is 0 Å². The Morgan fingerprint density at radius 3 is 2.56 bits per heavy atom. The summed E-state index contributed by atoms with van der Waals surface area (Å²) in [7, 11) is 0. The van der Waals surface area contributed by atoms with Crippen LogP contribution < -0.4 is 0 Å². The lowest BCUT2D eigenvalue weighted by Gasteiger charge is -2.31. The highest BCUT2D eigenvalue weighted by atomic mass is 79.9. The lowest BCUT2D eigenvalue weighted by atomic mass is 9.94. The molecule has 0 saturated carbocycles. The first-order valence-electron chi connectivity index (χ1n) is 6.25. The number of hydrogen-bond acceptors (Lipinski definition) is 1. The zero-order valence-corrected chi connectivity index (χ0v) is 11.5. The van der Waals surface area contributed by atoms with E-state index in [1.165, 1.54) is 42.4 Å². The fraction of sp³-hybridized carbons (Fsp3) is 0.571. The molecule has 1 fully saturated rings. The summed E-state index contributed by atoms with van der Waals surface area (Å²) in [4.78, 5) is 2.58. The van der Waals surface area contributed by atoms with Crippen molar-refractivity contribution in [2.75, 3.05) is 13.1 Å². The average Bonchev–Trinajstić information content (AvgIpc) is 2.33. The van der Waals surface area contributed by atoms with E-state index in [0.717, 1.165) is 12.5 Å². The molecule has 1 saturated heterocycles. The molecule has 1 aromatic carbocycles. The second-order valence-corrected chi connectivity index (χ2v) is 5.57. The van der Waals surface area contributed by atoms with Crippen molar-refractivity contribution in [1.29, 1.82) is 0 Å². The number of likely N-dealkylation sites (tertiary alicyclic amines) is 1. The van der Waals surface area contributed by atoms with Gasteiger partial charge in [0, 0.05) is 11.0 Å². The monoisotopic (exact) mass is 281 g/mol. The number of benzene rings is 1. The van der Waals surface area contributed by atoms with Gasteiger partial charge in [-0.05, 0) is 43.5 Å². The summed E-state index contributed by atoms with van der Waals surface area (Å²) in [5, 5.41) is 0. The maximum absolute atomic E-state index is 3.62. The van der Waals surface area contributed by atoms with E-state index in [9.17, 15) is 0 Å². The molecule has 16 heavy (non-hydrogen) atoms. The minimum absolute atomic E-state index is 0.968. The van der Waals surface area contributed by atoms with Crippen molar-refractivity contribution in [2.24, 2.45) is 5.92 Å². The Bertz CT molecular complexity index is 329. The highest BCUT2D eigenvalue weighted by Gasteiger charge is 2.17. The Balaban J connectivity index is 1.89. The van der Waals surface area contributed by atoms with Crippen LogP contribution in [-0.2, 0) is 6.54 Å². The summed E-state index contributed by atoms with van der Waals surface area (Å²) < 4.78 is 1.24. The van der Waals surface area contributed by atoms with Gasteiger partial charge in [0.25, 0.3) is 0 Å². The molecule has 0 amide bonds. The molecule has 0 N–H and O–H groups in total. The Morgan fingerprint density at radius 1 is 1.25 bits per heavy atom. The number of piperidine rings is 1. The molecule has 0 aliphatic carbocycles. The van der Waals surface area contributed by atoms with Crippen LogP contribution in [0.25, 0.3) is 0 Å². The van der Waals surface area contributed by atoms with E-state index in [1.807, 2.05) is 0 Å². The summed E-state index contributed by atoms with van der Waals surface area (Å²) in [6.45, 7) is 5.94. The summed E-state index contributed by atoms with van der Waals surface area (Å²) in [6.07, 6.45) is 4.10. The Kier molecular flexibility index (Phi) is 4.42. The molecule has 0 bridgehead atoms. The molecule has 0 unspecified atom stereocenters. The molecular weight excluding hydrogens is 262 g/mol. The van der Waals surface area contributed by atoms with Crippen molar-refractivity contribution in [3.05, 3.63) is 34.3 Å². The SMILES string of the molecule is CCC1CCN(Cc2ccccc2Br)CC1. The van der Waals surface area contributed by atoms with Gasteiger partial charge in [0.1, 0.15) is 0 Å². The van der Waals surface area contributed by atoms with Gasteiger partial charge in [-0.2, -0.15) is 0 Å². The Labute approximate surface area is 107 Å². The largest absolute Gasteiger partial charge is 0.299 e. The summed E-state index contributed by atoms with van der Waals surface area (Å²) in [6, 6.07) is 8.56. The standard InChI is InChI=1S/C14H20BrN/c1-2-12-7-9-16(10-8-12)11-13-5-3-4-6-14(13)15/h3-6,12H,2,7-11H2,1H3. The van der Waals surface area contributed by atoms with Crippen LogP contribution in [0.5, 0.6) is 0 Å². The van der Waals surface area contributed by atoms with Crippen molar-refractivity contribution in [3.8, 4) is 0 Å². The fourth-order valence-corrected chi connectivity index (χ4v) is 2.83. The molecule has 0 spiro atoms. The molecule has 0 aromatic heterocycles. The first-order chi connectivity index (χ1) is 7.79. The van der Waals surface area contributed by atoms with Gasteiger partial charge in [0.05, 0.1) is 0 Å². The number of hydrogen-bond donors (Lipinski definition) is 0. The second-order valence-electron chi connectivity index (χ2n) is 4.72. The Morgan fingerprint density at radius 2 is 1.94 bits per heavy atom. The van der Waals surface area contributed by atoms with Crippen LogP contribution >= 0.6 is 15.9 Å². The normalized spacial score (nSPS) is 18.9. The van der Waals surface area contributed by atoms with Crippen molar-refractivity contribution in [1.82, 2.24) is 4.90 Å². The molecular formula is C14H20BrN. The van der Waals surface area contributed by atoms with Gasteiger partial charge in [-0.15, -0.1) is 0 Å². The summed E-state index contributed by atoms with van der Waals surface area (Å²) in [5.41, 5.74) is 1.41. The van der Waals surface area contributed by atoms with Gasteiger partial charge in [-0.25, -0.2) is 0 Å². The molecule has 88 valence electrons. The van der Waals surface area contributed by atoms with E-state index in [-0.39, 0.29) is 0 Å². The maximum Gasteiger partial charge on any atom is 0.0244 e. The van der Waals surface area contributed by atoms with Gasteiger partial charge in [0.15, 0.2) is 0 Å². The molecule has 1 aliphatic heterocycles. The minimum atomic E-state index is 0.968. The van der Waals surface area contributed by atoms with E-state index in [2.05, 4.69) is 52.0 Å². The van der Waals surface area contributed by atoms with Gasteiger partial charge in [0.2, 0.25) is 0 Å². The zero-order valence-electron chi connectivity index (χ0n) is 9.95. The van der Waals surface area contributed by atoms with Crippen molar-refractivity contribution in [3.63, 3.8) is 0 Å². The zero-order chi connectivity index (χ0) is 11.4. The number of nitrogens with zero attached hydrogens (tertiary/aromatic N) is 1. The van der Waals surface area contributed by atoms with Gasteiger partial charge < -0.3 is 0 Å². The molecule has 1 aromatic rings. The van der Waals surface area contributed by atoms with Gasteiger partial charge in [-0.3, -0.25) is 4.90 Å². The van der Waals surface area contributed by atoms with Crippen LogP contribution in [0.4, 0.5) is 0 Å². The molecule has 2 heteroatoms. The minimum Gasteiger partial charge on any atom is -0.299 e. The van der Waals surface area contributed by atoms with E-state index in [1.54, 1.807) is 0 Å². The van der Waals surface area contributed by atoms with Crippen molar-refractivity contribution in [2.45, 2.75) is 32.7 Å². The third kappa shape index (κ3) is 3.08. The third-order valence-electron chi connectivity index (χ3n) is 3.64. The van der Waals surface area contributed by atoms with Crippen LogP contribution in [0, 0.1) is 5.92 Å². The summed E-state index contributed by atoms with van der Waals surface area (Å²) >= 11 is 3.62. The van der Waals surface area contributed by atoms with Crippen molar-refractivity contribution < 1.29 is 0 Å². The molecule has 2 rings (SSSR count). The van der Waals surface area contributed by atoms with Crippen LogP contribution in [-0.4, -0.2) is 18.0 Å². The van der Waals surface area contributed by atoms with E-state index in [4.69, 9.17) is 0 Å². The highest BCUT2D eigenvalue weighted by molar-refractivity contribution is 9.10. The quantitative estimate of drug-likeness (QED) is 0.807. The van der Waals surface area contributed by atoms with Crippen LogP contribution in [0.1, 0.15) is 31.7 Å². The van der Waals surface area contributed by atoms with E-state index < -0.39 is 0 Å². The number of rotatable bonds is 3. The van der Waals surface area contributed by atoms with Crippen LogP contribution in [0.2, 0.25) is 0 Å². The molecule has 1 aliphatic rings. The van der Waals surface area contributed by atoms with Crippen LogP contribution in [0.3, 0.4) is 0 Å². The molecule has 1 heterocycles. The first-order valence-corrected chi connectivity index (χ1v) is 7.04. The molecule has 0 radical (unpaired) electrons. The maximum atomic E-state index is 3.62. The first kappa shape index (κ1) is 12.1. The Hall–Kier alpha value is -0.340. The topological polar surface area (TPSA) is 3.24 Å². The fourth-order valence-electron chi connectivity index (χ4n) is 2.42. The smallest absolute Gasteiger partial charge is 0.0244 e. The average molecular weight is 282 g/mol. The van der Waals surface area contributed by atoms with Gasteiger partial charge in [-0.1, -0.05) is 47.5 Å².